The van der Waals surface area contributed by atoms with Gasteiger partial charge in [0.05, 0.1) is 39.2 Å². The van der Waals surface area contributed by atoms with Crippen molar-refractivity contribution in [2.24, 2.45) is 0 Å². The Kier molecular flexibility index (Phi) is 27.6. The first-order chi connectivity index (χ1) is 54.4. The van der Waals surface area contributed by atoms with Gasteiger partial charge in [-0.25, -0.2) is 17.6 Å². The molecule has 9 aromatic rings. The lowest BCUT2D eigenvalue weighted by molar-refractivity contribution is -0.137. The Balaban J connectivity index is 0.000000149. The molecule has 614 valence electrons. The molecule has 22 heteroatoms. The maximum Gasteiger partial charge on any atom is 0.494 e. The van der Waals surface area contributed by atoms with Crippen molar-refractivity contribution in [3.8, 4) is 55.6 Å². The lowest BCUT2D eigenvalue weighted by Crippen LogP contribution is -2.41. The van der Waals surface area contributed by atoms with Gasteiger partial charge in [0.2, 0.25) is 0 Å². The lowest BCUT2D eigenvalue weighted by atomic mass is 9.49. The molecule has 8 nitrogen and oxygen atoms in total. The second kappa shape index (κ2) is 35.3. The summed E-state index contributed by atoms with van der Waals surface area (Å²) in [4.78, 5) is 0. The molecule has 0 unspecified atom stereocenters. The van der Waals surface area contributed by atoms with Crippen molar-refractivity contribution in [1.82, 2.24) is 0 Å². The zero-order valence-corrected chi connectivity index (χ0v) is 75.4. The highest BCUT2D eigenvalue weighted by Crippen LogP contribution is 2.59. The molecule has 116 heavy (non-hydrogen) atoms. The molecule has 9 aromatic carbocycles. The van der Waals surface area contributed by atoms with Crippen molar-refractivity contribution >= 4 is 93.6 Å². The smallest absolute Gasteiger partial charge is 0.423 e. The van der Waals surface area contributed by atoms with Crippen LogP contribution in [0.25, 0.3) is 55.6 Å². The summed E-state index contributed by atoms with van der Waals surface area (Å²) in [5.41, 5.74) is 16.5. The van der Waals surface area contributed by atoms with E-state index in [1.165, 1.54) is 119 Å². The molecule has 3 saturated heterocycles. The van der Waals surface area contributed by atoms with E-state index in [-0.39, 0.29) is 44.1 Å². The van der Waals surface area contributed by atoms with Gasteiger partial charge in [0.15, 0.2) is 0 Å². The van der Waals surface area contributed by atoms with Crippen LogP contribution in [0.1, 0.15) is 241 Å². The highest BCUT2D eigenvalue weighted by molar-refractivity contribution is 14.1. The molecule has 3 aliphatic heterocycles. The van der Waals surface area contributed by atoms with Crippen molar-refractivity contribution in [3.05, 3.63) is 245 Å². The number of hydrogen-bond donors (Lipinski definition) is 2. The van der Waals surface area contributed by atoms with Crippen LogP contribution in [0.2, 0.25) is 0 Å². The van der Waals surface area contributed by atoms with Gasteiger partial charge in [0.25, 0.3) is 0 Å². The molecule has 0 bridgehead atoms. The molecular weight excluding hydrogens is 1720 g/mol. The summed E-state index contributed by atoms with van der Waals surface area (Å²) < 4.78 is 132. The fourth-order valence-corrected chi connectivity index (χ4v) is 18.9. The SMILES string of the molecule is CC1(C)OB(B2OC(C)(C)C(C)(C)O2)OC1(C)C.CCCC1(CCC)c2cc(B3OC(C)(C)C(C)(C)O3)ccc2-c2ccc(-c3ccc(F)cc3F)cc21.CCCC1(CCC)c2cc(Br)ccc2-c2ccc(-c3ccc(F)cc3F)cc21.CCCC1(CCC)c2cc(Br)ccc2-c2ccc(I)cc21.OB(O)c1ccc(C(F)(F)F)cc1. The van der Waals surface area contributed by atoms with E-state index >= 15 is 0 Å². The van der Waals surface area contributed by atoms with E-state index in [9.17, 15) is 30.7 Å². The van der Waals surface area contributed by atoms with Crippen molar-refractivity contribution in [2.75, 3.05) is 0 Å². The summed E-state index contributed by atoms with van der Waals surface area (Å²) in [5.74, 6) is -2.17. The summed E-state index contributed by atoms with van der Waals surface area (Å²) in [6.07, 6.45) is 8.78. The van der Waals surface area contributed by atoms with Gasteiger partial charge < -0.3 is 38.0 Å². The van der Waals surface area contributed by atoms with Gasteiger partial charge in [0.1, 0.15) is 23.3 Å². The van der Waals surface area contributed by atoms with Gasteiger partial charge in [-0.1, -0.05) is 197 Å². The molecule has 6 aliphatic rings. The van der Waals surface area contributed by atoms with Gasteiger partial charge in [-0.3, -0.25) is 0 Å². The van der Waals surface area contributed by atoms with Crippen LogP contribution in [-0.2, 0) is 50.3 Å². The van der Waals surface area contributed by atoms with Gasteiger partial charge >= 0.3 is 34.4 Å². The van der Waals surface area contributed by atoms with Gasteiger partial charge in [-0.2, -0.15) is 13.2 Å². The van der Waals surface area contributed by atoms with Gasteiger partial charge in [-0.05, 0) is 306 Å². The minimum atomic E-state index is -4.39. The molecule has 0 atom stereocenters. The molecule has 2 N–H and O–H groups in total. The standard InChI is InChI=1S/C31H35BF2O2.C25H23BrF2.C19H20BrI.C12H24B2O4.C7H6BF3O2/c1-7-15-31(16-8-2)26-17-20(23-14-11-22(33)19-28(23)34)9-12-24(26)25-13-10-21(18-27(25)31)32-35-29(3,4)30(5,6)36-32;1-3-11-25(12-4-2)22-13-16(19-10-7-18(27)15-24(19)28)5-8-20(22)21-9-6-17(26)14-23(21)25;1-3-9-19(10-4-2)17-11-13(20)5-7-15(17)16-8-6-14(21)12-18(16)19;1-9(2)10(3,4)16-13(15-9)14-17-11(5,6)12(7,8)18-14;9-7(10,11)5-1-3-6(4-2-5)8(12)13/h9-14,17-19H,7-8,15-16H2,1-6H3;5-10,13-15H,3-4,11-12H2,1-2H3;5-8,11-12H,3-4,9-10H2,1-2H3;1-8H3;1-4,12-13H. The molecular formula is C94H108B4Br2F7IO8. The van der Waals surface area contributed by atoms with Crippen LogP contribution < -0.4 is 10.9 Å². The Morgan fingerprint density at radius 1 is 0.353 bits per heavy atom. The number of hydrogen-bond acceptors (Lipinski definition) is 8. The lowest BCUT2D eigenvalue weighted by Gasteiger charge is -2.32. The zero-order valence-electron chi connectivity index (χ0n) is 70.1. The Hall–Kier alpha value is -5.88. The number of alkyl halides is 3. The van der Waals surface area contributed by atoms with Crippen LogP contribution in [0.5, 0.6) is 0 Å². The third-order valence-electron chi connectivity index (χ3n) is 25.4. The largest absolute Gasteiger partial charge is 0.494 e. The first-order valence-corrected chi connectivity index (χ1v) is 43.5. The maximum atomic E-state index is 14.7. The molecule has 0 amide bonds. The van der Waals surface area contributed by atoms with Crippen molar-refractivity contribution in [2.45, 2.75) is 258 Å². The average Bonchev–Trinajstić information content (AvgIpc) is 1.55. The second-order valence-corrected chi connectivity index (χ2v) is 37.8. The Morgan fingerprint density at radius 3 is 0.974 bits per heavy atom. The molecule has 3 fully saturated rings. The molecule has 3 aliphatic carbocycles. The summed E-state index contributed by atoms with van der Waals surface area (Å²) >= 11 is 9.77. The Morgan fingerprint density at radius 2 is 0.647 bits per heavy atom. The van der Waals surface area contributed by atoms with Crippen LogP contribution in [0.3, 0.4) is 0 Å². The van der Waals surface area contributed by atoms with Gasteiger partial charge in [-0.15, -0.1) is 0 Å². The molecule has 0 spiro atoms. The average molecular weight is 1830 g/mol. The highest BCUT2D eigenvalue weighted by Gasteiger charge is 2.64. The summed E-state index contributed by atoms with van der Waals surface area (Å²) in [5, 5.41) is 17.2. The van der Waals surface area contributed by atoms with Crippen molar-refractivity contribution in [1.29, 1.82) is 0 Å². The summed E-state index contributed by atoms with van der Waals surface area (Å²) in [6.45, 7) is 38.0. The molecule has 0 radical (unpaired) electrons. The Bertz CT molecular complexity index is 4880. The van der Waals surface area contributed by atoms with Crippen LogP contribution in [0, 0.1) is 26.8 Å². The van der Waals surface area contributed by atoms with Crippen molar-refractivity contribution in [3.63, 3.8) is 0 Å². The fraction of sp³-hybridized carbons (Fsp3) is 0.426. The van der Waals surface area contributed by atoms with Gasteiger partial charge in [0, 0.05) is 52.0 Å². The predicted octanol–water partition coefficient (Wildman–Crippen LogP) is 25.6. The van der Waals surface area contributed by atoms with E-state index in [1.807, 2.05) is 67.5 Å². The summed E-state index contributed by atoms with van der Waals surface area (Å²) in [6, 6.07) is 50.5. The first kappa shape index (κ1) is 90.9. The first-order valence-electron chi connectivity index (χ1n) is 40.8. The minimum Gasteiger partial charge on any atom is -0.423 e. The van der Waals surface area contributed by atoms with Crippen LogP contribution in [-0.4, -0.2) is 71.9 Å². The van der Waals surface area contributed by atoms with E-state index in [4.69, 9.17) is 38.0 Å². The monoisotopic (exact) mass is 1830 g/mol. The van der Waals surface area contributed by atoms with E-state index in [1.54, 1.807) is 5.56 Å². The highest BCUT2D eigenvalue weighted by atomic mass is 127. The maximum absolute atomic E-state index is 14.7. The normalized spacial score (nSPS) is 18.2. The van der Waals surface area contributed by atoms with E-state index in [2.05, 4.69) is 221 Å². The Labute approximate surface area is 714 Å². The van der Waals surface area contributed by atoms with Crippen LogP contribution >= 0.6 is 54.5 Å². The third-order valence-corrected chi connectivity index (χ3v) is 27.0. The fourth-order valence-electron chi connectivity index (χ4n) is 17.7. The molecule has 0 aromatic heterocycles. The summed E-state index contributed by atoms with van der Waals surface area (Å²) in [7, 11) is -3.11. The molecule has 3 heterocycles. The van der Waals surface area contributed by atoms with E-state index in [0.29, 0.717) is 11.1 Å². The topological polar surface area (TPSA) is 95.8 Å². The third kappa shape index (κ3) is 17.9. The number of fused-ring (bicyclic) bond motifs is 9. The molecule has 15 rings (SSSR count). The van der Waals surface area contributed by atoms with E-state index < -0.39 is 74.5 Å². The quantitative estimate of drug-likeness (QED) is 0.0529. The second-order valence-electron chi connectivity index (χ2n) is 34.7. The minimum absolute atomic E-state index is 0.0352. The zero-order chi connectivity index (χ0) is 84.8. The number of rotatable bonds is 17. The van der Waals surface area contributed by atoms with Crippen molar-refractivity contribution < 1.29 is 68.7 Å². The predicted molar refractivity (Wildman–Crippen MR) is 475 cm³/mol. The van der Waals surface area contributed by atoms with Crippen LogP contribution in [0.4, 0.5) is 30.7 Å². The van der Waals surface area contributed by atoms with E-state index in [0.717, 1.165) is 109 Å². The number of benzene rings is 9. The molecule has 0 saturated carbocycles. The van der Waals surface area contributed by atoms with Crippen LogP contribution in [0.15, 0.2) is 179 Å². The number of halogens is 10.